The summed E-state index contributed by atoms with van der Waals surface area (Å²) in [7, 11) is 0. The van der Waals surface area contributed by atoms with Crippen LogP contribution < -0.4 is 10.6 Å². The minimum Gasteiger partial charge on any atom is -0.465 e. The maximum absolute atomic E-state index is 12.2. The molecule has 1 amide bonds. The molecule has 0 radical (unpaired) electrons. The van der Waals surface area contributed by atoms with Crippen molar-refractivity contribution in [2.75, 3.05) is 30.8 Å². The summed E-state index contributed by atoms with van der Waals surface area (Å²) in [4.78, 5) is 23.5. The van der Waals surface area contributed by atoms with Crippen LogP contribution in [0, 0.1) is 11.8 Å². The summed E-state index contributed by atoms with van der Waals surface area (Å²) < 4.78 is 5.50. The molecule has 2 unspecified atom stereocenters. The van der Waals surface area contributed by atoms with Crippen molar-refractivity contribution in [3.05, 3.63) is 0 Å². The van der Waals surface area contributed by atoms with Crippen LogP contribution in [-0.2, 0) is 14.3 Å². The minimum atomic E-state index is -0.279. The van der Waals surface area contributed by atoms with Crippen LogP contribution >= 0.6 is 35.5 Å². The largest absolute Gasteiger partial charge is 0.465 e. The van der Waals surface area contributed by atoms with Crippen LogP contribution in [0.25, 0.3) is 0 Å². The molecular formula is C15H25ClN4O3S2. The Balaban J connectivity index is 0.00000312. The molecule has 10 heteroatoms. The number of carbonyl (C=O) groups is 2. The predicted molar refractivity (Wildman–Crippen MR) is 103 cm³/mol. The number of nitrogens with one attached hydrogen (secondary N) is 2. The average Bonchev–Trinajstić information content (AvgIpc) is 3.01. The van der Waals surface area contributed by atoms with E-state index < -0.39 is 0 Å². The molecule has 2 heterocycles. The summed E-state index contributed by atoms with van der Waals surface area (Å²) in [6.45, 7) is 6.32. The van der Waals surface area contributed by atoms with E-state index >= 15 is 0 Å². The number of thioether (sulfide) groups is 1. The molecule has 1 aliphatic heterocycles. The number of piperidine rings is 1. The number of hydrogen-bond acceptors (Lipinski definition) is 8. The van der Waals surface area contributed by atoms with E-state index in [2.05, 4.69) is 27.8 Å². The number of amides is 1. The topological polar surface area (TPSA) is 93.2 Å². The predicted octanol–water partition coefficient (Wildman–Crippen LogP) is 2.58. The third-order valence-corrected chi connectivity index (χ3v) is 5.86. The number of nitrogens with zero attached hydrogens (tertiary/aromatic N) is 2. The number of carbonyl (C=O) groups excluding carboxylic acids is 2. The highest BCUT2D eigenvalue weighted by Gasteiger charge is 2.22. The highest BCUT2D eigenvalue weighted by atomic mass is 35.5. The molecule has 2 rings (SSSR count). The summed E-state index contributed by atoms with van der Waals surface area (Å²) in [5.41, 5.74) is 0. The van der Waals surface area contributed by atoms with Gasteiger partial charge >= 0.3 is 5.97 Å². The Kier molecular flexibility index (Phi) is 10.3. The van der Waals surface area contributed by atoms with E-state index in [1.807, 2.05) is 0 Å². The van der Waals surface area contributed by atoms with Crippen molar-refractivity contribution in [3.63, 3.8) is 0 Å². The van der Waals surface area contributed by atoms with Crippen LogP contribution in [0.3, 0.4) is 0 Å². The number of ether oxygens (including phenoxy) is 1. The molecule has 7 nitrogen and oxygen atoms in total. The molecule has 25 heavy (non-hydrogen) atoms. The van der Waals surface area contributed by atoms with Crippen LogP contribution in [0.5, 0.6) is 0 Å². The summed E-state index contributed by atoms with van der Waals surface area (Å²) in [6.07, 6.45) is 2.83. The Morgan fingerprint density at radius 2 is 2.28 bits per heavy atom. The fraction of sp³-hybridized carbons (Fsp3) is 0.733. The molecule has 0 saturated carbocycles. The maximum Gasteiger partial charge on any atom is 0.316 e. The van der Waals surface area contributed by atoms with Crippen molar-refractivity contribution >= 4 is 52.5 Å². The zero-order valence-corrected chi connectivity index (χ0v) is 16.9. The highest BCUT2D eigenvalue weighted by molar-refractivity contribution is 8.01. The Labute approximate surface area is 162 Å². The number of aromatic nitrogens is 2. The van der Waals surface area contributed by atoms with Gasteiger partial charge in [0, 0.05) is 6.42 Å². The average molecular weight is 409 g/mol. The van der Waals surface area contributed by atoms with E-state index in [1.54, 1.807) is 6.92 Å². The van der Waals surface area contributed by atoms with E-state index in [4.69, 9.17) is 4.74 Å². The van der Waals surface area contributed by atoms with Crippen molar-refractivity contribution in [3.8, 4) is 0 Å². The molecular weight excluding hydrogens is 384 g/mol. The molecule has 0 aliphatic carbocycles. The number of hydrogen-bond donors (Lipinski definition) is 2. The quantitative estimate of drug-likeness (QED) is 0.388. The summed E-state index contributed by atoms with van der Waals surface area (Å²) >= 11 is 2.54. The normalized spacial score (nSPS) is 18.1. The second-order valence-corrected chi connectivity index (χ2v) is 8.00. The monoisotopic (exact) mass is 408 g/mol. The summed E-state index contributed by atoms with van der Waals surface area (Å²) in [6, 6.07) is 0. The zero-order valence-electron chi connectivity index (χ0n) is 14.4. The first-order valence-electron chi connectivity index (χ1n) is 8.21. The lowest BCUT2D eigenvalue weighted by atomic mass is 9.85. The Hall–Kier alpha value is -0.900. The first kappa shape index (κ1) is 22.1. The zero-order chi connectivity index (χ0) is 17.4. The molecule has 1 saturated heterocycles. The Bertz CT molecular complexity index is 553. The first-order chi connectivity index (χ1) is 11.6. The van der Waals surface area contributed by atoms with Gasteiger partial charge in [-0.15, -0.1) is 22.6 Å². The van der Waals surface area contributed by atoms with Crippen LogP contribution in [0.15, 0.2) is 4.34 Å². The molecule has 0 aromatic carbocycles. The number of halogens is 1. The van der Waals surface area contributed by atoms with E-state index in [-0.39, 0.29) is 30.0 Å². The summed E-state index contributed by atoms with van der Waals surface area (Å²) in [5.74, 6) is 0.768. The van der Waals surface area contributed by atoms with Crippen LogP contribution in [0.1, 0.15) is 33.1 Å². The van der Waals surface area contributed by atoms with E-state index in [1.165, 1.54) is 35.9 Å². The second-order valence-electron chi connectivity index (χ2n) is 5.80. The smallest absolute Gasteiger partial charge is 0.316 e. The van der Waals surface area contributed by atoms with Gasteiger partial charge in [-0.1, -0.05) is 30.0 Å². The lowest BCUT2D eigenvalue weighted by Gasteiger charge is -2.27. The molecule has 1 aliphatic rings. The van der Waals surface area contributed by atoms with Crippen LogP contribution in [-0.4, -0.2) is 47.5 Å². The Morgan fingerprint density at radius 3 is 2.96 bits per heavy atom. The fourth-order valence-corrected chi connectivity index (χ4v) is 4.20. The van der Waals surface area contributed by atoms with Gasteiger partial charge < -0.3 is 15.4 Å². The standard InChI is InChI=1S/C15H24N4O3S2.ClH/c1-3-22-13(21)9-23-15-19-18-14(24-15)17-12(20)7-10(2)11-5-4-6-16-8-11;/h10-11,16H,3-9H2,1-2H3,(H,17,18,20);1H. The van der Waals surface area contributed by atoms with E-state index in [0.717, 1.165) is 13.1 Å². The highest BCUT2D eigenvalue weighted by Crippen LogP contribution is 2.27. The molecule has 1 aromatic rings. The number of rotatable bonds is 8. The number of anilines is 1. The van der Waals surface area contributed by atoms with Gasteiger partial charge in [0.15, 0.2) is 4.34 Å². The Morgan fingerprint density at radius 1 is 1.48 bits per heavy atom. The lowest BCUT2D eigenvalue weighted by molar-refractivity contribution is -0.139. The number of esters is 1. The third kappa shape index (κ3) is 7.89. The van der Waals surface area contributed by atoms with E-state index in [9.17, 15) is 9.59 Å². The molecule has 2 atom stereocenters. The molecule has 0 bridgehead atoms. The van der Waals surface area contributed by atoms with Gasteiger partial charge in [-0.05, 0) is 44.7 Å². The van der Waals surface area contributed by atoms with Gasteiger partial charge in [0.05, 0.1) is 12.4 Å². The van der Waals surface area contributed by atoms with Crippen molar-refractivity contribution in [1.29, 1.82) is 0 Å². The third-order valence-electron chi connectivity index (χ3n) is 3.92. The molecule has 1 aromatic heterocycles. The lowest BCUT2D eigenvalue weighted by Crippen LogP contribution is -2.34. The van der Waals surface area contributed by atoms with Crippen molar-refractivity contribution in [1.82, 2.24) is 15.5 Å². The van der Waals surface area contributed by atoms with Gasteiger partial charge in [0.25, 0.3) is 0 Å². The van der Waals surface area contributed by atoms with Gasteiger partial charge in [-0.2, -0.15) is 0 Å². The van der Waals surface area contributed by atoms with Gasteiger partial charge in [-0.3, -0.25) is 9.59 Å². The summed E-state index contributed by atoms with van der Waals surface area (Å²) in [5, 5.41) is 14.6. The molecule has 0 spiro atoms. The van der Waals surface area contributed by atoms with Gasteiger partial charge in [-0.25, -0.2) is 0 Å². The fourth-order valence-electron chi connectivity index (χ4n) is 2.64. The second kappa shape index (κ2) is 11.7. The first-order valence-corrected chi connectivity index (χ1v) is 10.0. The van der Waals surface area contributed by atoms with Gasteiger partial charge in [0.2, 0.25) is 11.0 Å². The van der Waals surface area contributed by atoms with Gasteiger partial charge in [0.1, 0.15) is 0 Å². The minimum absolute atomic E-state index is 0. The SMILES string of the molecule is CCOC(=O)CSc1nnc(NC(=O)CC(C)C2CCCNC2)s1.Cl. The van der Waals surface area contributed by atoms with Crippen molar-refractivity contribution in [2.24, 2.45) is 11.8 Å². The van der Waals surface area contributed by atoms with Crippen molar-refractivity contribution in [2.45, 2.75) is 37.4 Å². The van der Waals surface area contributed by atoms with Crippen LogP contribution in [0.4, 0.5) is 5.13 Å². The van der Waals surface area contributed by atoms with Crippen molar-refractivity contribution < 1.29 is 14.3 Å². The molecule has 1 fully saturated rings. The molecule has 142 valence electrons. The molecule has 2 N–H and O–H groups in total. The van der Waals surface area contributed by atoms with E-state index in [0.29, 0.717) is 34.3 Å². The van der Waals surface area contributed by atoms with Crippen LogP contribution in [0.2, 0.25) is 0 Å². The maximum atomic E-state index is 12.2.